The van der Waals surface area contributed by atoms with Crippen molar-refractivity contribution in [1.29, 1.82) is 0 Å². The molecule has 0 saturated carbocycles. The number of para-hydroxylation sites is 6. The summed E-state index contributed by atoms with van der Waals surface area (Å²) in [5.41, 5.74) is 9.54. The quantitative estimate of drug-likeness (QED) is 0.138. The van der Waals surface area contributed by atoms with Gasteiger partial charge in [0.25, 0.3) is 0 Å². The Morgan fingerprint density at radius 3 is 0.821 bits per heavy atom. The predicted octanol–water partition coefficient (Wildman–Crippen LogP) is 13.2. The van der Waals surface area contributed by atoms with Crippen LogP contribution in [0.4, 0.5) is 45.5 Å². The van der Waals surface area contributed by atoms with E-state index in [2.05, 4.69) is 92.6 Å². The van der Waals surface area contributed by atoms with Gasteiger partial charge in [0.05, 0.1) is 11.4 Å². The third kappa shape index (κ3) is 9.44. The molecule has 0 unspecified atom stereocenters. The molecule has 0 aromatic heterocycles. The molecule has 56 heavy (non-hydrogen) atoms. The number of rotatable bonds is 10. The van der Waals surface area contributed by atoms with Gasteiger partial charge in [-0.15, -0.1) is 0 Å². The molecule has 2 N–H and O–H groups in total. The lowest BCUT2D eigenvalue weighted by atomic mass is 10.2. The SMILES string of the molecule is Oc1ccccc1C=Nc1ccc(N(c2ccccc2)c2ccccc2)cc1.Oc1ccccc1C=Nc1ccc(N(c2ccccc2)c2ccccc2)cc1. The number of benzene rings is 8. The molecular formula is C50H40N4O2. The molecule has 0 aliphatic rings. The second-order valence-electron chi connectivity index (χ2n) is 12.7. The Morgan fingerprint density at radius 2 is 0.536 bits per heavy atom. The van der Waals surface area contributed by atoms with Crippen LogP contribution in [0.3, 0.4) is 0 Å². The van der Waals surface area contributed by atoms with Crippen molar-refractivity contribution < 1.29 is 10.2 Å². The number of phenolic OH excluding ortho intramolecular Hbond substituents is 2. The molecule has 0 bridgehead atoms. The fourth-order valence-electron chi connectivity index (χ4n) is 6.06. The molecule has 0 atom stereocenters. The predicted molar refractivity (Wildman–Crippen MR) is 233 cm³/mol. The molecule has 272 valence electrons. The van der Waals surface area contributed by atoms with Gasteiger partial charge in [-0.2, -0.15) is 0 Å². The van der Waals surface area contributed by atoms with Crippen LogP contribution in [0.25, 0.3) is 0 Å². The second kappa shape index (κ2) is 18.4. The number of phenols is 2. The number of nitrogens with zero attached hydrogens (tertiary/aromatic N) is 4. The van der Waals surface area contributed by atoms with E-state index < -0.39 is 0 Å². The molecule has 0 fully saturated rings. The first-order valence-electron chi connectivity index (χ1n) is 18.3. The van der Waals surface area contributed by atoms with Crippen molar-refractivity contribution in [3.63, 3.8) is 0 Å². The number of hydrogen-bond acceptors (Lipinski definition) is 6. The summed E-state index contributed by atoms with van der Waals surface area (Å²) in [6.45, 7) is 0. The Morgan fingerprint density at radius 1 is 0.286 bits per heavy atom. The maximum atomic E-state index is 9.86. The lowest BCUT2D eigenvalue weighted by molar-refractivity contribution is 0.474. The zero-order valence-corrected chi connectivity index (χ0v) is 30.6. The van der Waals surface area contributed by atoms with Crippen molar-refractivity contribution in [2.75, 3.05) is 9.80 Å². The zero-order valence-electron chi connectivity index (χ0n) is 30.6. The van der Waals surface area contributed by atoms with Crippen LogP contribution in [0.1, 0.15) is 11.1 Å². The Kier molecular flexibility index (Phi) is 12.0. The molecule has 0 aliphatic carbocycles. The maximum Gasteiger partial charge on any atom is 0.124 e. The Labute approximate surface area is 327 Å². The van der Waals surface area contributed by atoms with Crippen LogP contribution in [0.2, 0.25) is 0 Å². The van der Waals surface area contributed by atoms with E-state index in [1.54, 1.807) is 36.7 Å². The summed E-state index contributed by atoms with van der Waals surface area (Å²) in [6, 6.07) is 71.6. The van der Waals surface area contributed by atoms with Crippen molar-refractivity contribution in [2.45, 2.75) is 0 Å². The van der Waals surface area contributed by atoms with Crippen LogP contribution in [-0.2, 0) is 0 Å². The van der Waals surface area contributed by atoms with E-state index in [1.165, 1.54) is 0 Å². The molecule has 0 radical (unpaired) electrons. The largest absolute Gasteiger partial charge is 0.507 e. The highest BCUT2D eigenvalue weighted by molar-refractivity contribution is 5.86. The smallest absolute Gasteiger partial charge is 0.124 e. The van der Waals surface area contributed by atoms with Gasteiger partial charge in [-0.3, -0.25) is 9.98 Å². The normalized spacial score (nSPS) is 10.9. The summed E-state index contributed by atoms with van der Waals surface area (Å²) >= 11 is 0. The standard InChI is InChI=1S/2C25H20N2O/c2*28-25-14-8-7-9-20(25)19-26-21-15-17-24(18-16-21)27(22-10-3-1-4-11-22)23-12-5-2-6-13-23/h2*1-19,28H. The van der Waals surface area contributed by atoms with E-state index in [4.69, 9.17) is 0 Å². The number of anilines is 6. The molecule has 0 aliphatic heterocycles. The van der Waals surface area contributed by atoms with E-state index in [-0.39, 0.29) is 11.5 Å². The molecular weight excluding hydrogens is 689 g/mol. The van der Waals surface area contributed by atoms with Crippen molar-refractivity contribution in [3.8, 4) is 11.5 Å². The minimum atomic E-state index is 0.224. The van der Waals surface area contributed by atoms with E-state index in [1.807, 2.05) is 121 Å². The summed E-state index contributed by atoms with van der Waals surface area (Å²) in [5, 5.41) is 19.7. The van der Waals surface area contributed by atoms with Crippen molar-refractivity contribution in [3.05, 3.63) is 230 Å². The highest BCUT2D eigenvalue weighted by atomic mass is 16.3. The molecule has 0 spiro atoms. The lowest BCUT2D eigenvalue weighted by Crippen LogP contribution is -2.09. The van der Waals surface area contributed by atoms with Gasteiger partial charge < -0.3 is 20.0 Å². The van der Waals surface area contributed by atoms with E-state index >= 15 is 0 Å². The van der Waals surface area contributed by atoms with Crippen molar-refractivity contribution in [2.24, 2.45) is 9.98 Å². The third-order valence-corrected chi connectivity index (χ3v) is 8.85. The van der Waals surface area contributed by atoms with Gasteiger partial charge in [-0.25, -0.2) is 0 Å². The first kappa shape index (κ1) is 36.6. The van der Waals surface area contributed by atoms with E-state index in [9.17, 15) is 10.2 Å². The zero-order chi connectivity index (χ0) is 38.4. The van der Waals surface area contributed by atoms with Gasteiger partial charge >= 0.3 is 0 Å². The van der Waals surface area contributed by atoms with Gasteiger partial charge in [0.2, 0.25) is 0 Å². The molecule has 0 saturated heterocycles. The van der Waals surface area contributed by atoms with Crippen LogP contribution in [0.5, 0.6) is 11.5 Å². The van der Waals surface area contributed by atoms with Crippen LogP contribution < -0.4 is 9.80 Å². The minimum absolute atomic E-state index is 0.224. The van der Waals surface area contributed by atoms with Crippen molar-refractivity contribution in [1.82, 2.24) is 0 Å². The number of aromatic hydroxyl groups is 2. The Bertz CT molecular complexity index is 2220. The average Bonchev–Trinajstić information content (AvgIpc) is 3.26. The average molecular weight is 729 g/mol. The lowest BCUT2D eigenvalue weighted by Gasteiger charge is -2.25. The molecule has 8 rings (SSSR count). The first-order valence-corrected chi connectivity index (χ1v) is 18.3. The minimum Gasteiger partial charge on any atom is -0.507 e. The molecule has 0 heterocycles. The topological polar surface area (TPSA) is 71.7 Å². The second-order valence-corrected chi connectivity index (χ2v) is 12.7. The molecule has 8 aromatic carbocycles. The summed E-state index contributed by atoms with van der Waals surface area (Å²) < 4.78 is 0. The molecule has 8 aromatic rings. The highest BCUT2D eigenvalue weighted by Crippen LogP contribution is 2.36. The van der Waals surface area contributed by atoms with Crippen molar-refractivity contribution >= 4 is 57.9 Å². The van der Waals surface area contributed by atoms with Gasteiger partial charge in [-0.1, -0.05) is 97.1 Å². The third-order valence-electron chi connectivity index (χ3n) is 8.85. The van der Waals surface area contributed by atoms with Crippen LogP contribution in [0, 0.1) is 0 Å². The fraction of sp³-hybridized carbons (Fsp3) is 0. The number of hydrogen-bond donors (Lipinski definition) is 2. The Balaban J connectivity index is 0.000000172. The first-order chi connectivity index (χ1) is 27.6. The molecule has 6 heteroatoms. The summed E-state index contributed by atoms with van der Waals surface area (Å²) in [6.07, 6.45) is 3.35. The summed E-state index contributed by atoms with van der Waals surface area (Å²) in [5.74, 6) is 0.449. The Hall–Kier alpha value is -7.70. The van der Waals surface area contributed by atoms with E-state index in [0.717, 1.165) is 45.5 Å². The van der Waals surface area contributed by atoms with Crippen LogP contribution in [-0.4, -0.2) is 22.6 Å². The van der Waals surface area contributed by atoms with Crippen LogP contribution >= 0.6 is 0 Å². The van der Waals surface area contributed by atoms with E-state index in [0.29, 0.717) is 11.1 Å². The van der Waals surface area contributed by atoms with Gasteiger partial charge in [0, 0.05) is 57.7 Å². The monoisotopic (exact) mass is 728 g/mol. The molecule has 6 nitrogen and oxygen atoms in total. The molecule has 0 amide bonds. The van der Waals surface area contributed by atoms with Crippen LogP contribution in [0.15, 0.2) is 228 Å². The summed E-state index contributed by atoms with van der Waals surface area (Å²) in [4.78, 5) is 13.4. The fourth-order valence-corrected chi connectivity index (χ4v) is 6.06. The van der Waals surface area contributed by atoms with Gasteiger partial charge in [0.1, 0.15) is 11.5 Å². The summed E-state index contributed by atoms with van der Waals surface area (Å²) in [7, 11) is 0. The van der Waals surface area contributed by atoms with Gasteiger partial charge in [0.15, 0.2) is 0 Å². The van der Waals surface area contributed by atoms with Gasteiger partial charge in [-0.05, 0) is 121 Å². The maximum absolute atomic E-state index is 9.86. The highest BCUT2D eigenvalue weighted by Gasteiger charge is 2.13. The number of aliphatic imine (C=N–C) groups is 2.